The number of allylic oxidation sites excluding steroid dienone is 1. The van der Waals surface area contributed by atoms with Gasteiger partial charge < -0.3 is 4.74 Å². The lowest BCUT2D eigenvalue weighted by Gasteiger charge is -2.56. The van der Waals surface area contributed by atoms with Gasteiger partial charge in [0, 0.05) is 23.3 Å². The highest BCUT2D eigenvalue weighted by Gasteiger charge is 2.58. The quantitative estimate of drug-likeness (QED) is 0.406. The van der Waals surface area contributed by atoms with Crippen molar-refractivity contribution < 1.29 is 14.3 Å². The molecule has 0 spiro atoms. The number of fused-ring (bicyclic) bond motifs is 5. The van der Waals surface area contributed by atoms with E-state index in [4.69, 9.17) is 16.3 Å². The fourth-order valence-electron chi connectivity index (χ4n) is 7.30. The minimum absolute atomic E-state index is 0.0500. The molecule has 1 aromatic carbocycles. The Morgan fingerprint density at radius 1 is 1.03 bits per heavy atom. The maximum absolute atomic E-state index is 12.6. The topological polar surface area (TPSA) is 43.4 Å². The highest BCUT2D eigenvalue weighted by molar-refractivity contribution is 6.30. The number of benzene rings is 1. The lowest BCUT2D eigenvalue weighted by atomic mass is 9.48. The van der Waals surface area contributed by atoms with Crippen molar-refractivity contribution in [2.75, 3.05) is 0 Å². The van der Waals surface area contributed by atoms with E-state index in [-0.39, 0.29) is 22.9 Å². The summed E-state index contributed by atoms with van der Waals surface area (Å²) in [5.41, 5.74) is 2.16. The first kappa shape index (κ1) is 20.3. The number of esters is 1. The zero-order valence-electron chi connectivity index (χ0n) is 18.0. The fraction of sp³-hybridized carbons (Fsp3) is 0.615. The first-order chi connectivity index (χ1) is 14.3. The highest BCUT2D eigenvalue weighted by Crippen LogP contribution is 2.64. The molecule has 160 valence electrons. The van der Waals surface area contributed by atoms with E-state index in [0.29, 0.717) is 34.1 Å². The number of rotatable bonds is 2. The predicted molar refractivity (Wildman–Crippen MR) is 117 cm³/mol. The zero-order valence-corrected chi connectivity index (χ0v) is 18.7. The van der Waals surface area contributed by atoms with Crippen molar-refractivity contribution in [3.8, 4) is 0 Å². The molecule has 4 heteroatoms. The van der Waals surface area contributed by atoms with Gasteiger partial charge in [0.1, 0.15) is 11.9 Å². The lowest BCUT2D eigenvalue weighted by Crippen LogP contribution is -2.50. The molecule has 5 rings (SSSR count). The lowest BCUT2D eigenvalue weighted by molar-refractivity contribution is -0.132. The van der Waals surface area contributed by atoms with Gasteiger partial charge in [0.2, 0.25) is 0 Å². The summed E-state index contributed by atoms with van der Waals surface area (Å²) in [4.78, 5) is 25.1. The van der Waals surface area contributed by atoms with Crippen molar-refractivity contribution in [1.29, 1.82) is 0 Å². The van der Waals surface area contributed by atoms with Crippen LogP contribution in [0.3, 0.4) is 0 Å². The smallest absolute Gasteiger partial charge is 0.338 e. The number of carbonyl (C=O) groups excluding carboxylic acids is 2. The Morgan fingerprint density at radius 3 is 2.50 bits per heavy atom. The summed E-state index contributed by atoms with van der Waals surface area (Å²) in [6.45, 7) is 4.67. The molecule has 0 bridgehead atoms. The van der Waals surface area contributed by atoms with Crippen molar-refractivity contribution >= 4 is 23.4 Å². The van der Waals surface area contributed by atoms with Gasteiger partial charge in [-0.15, -0.1) is 0 Å². The Balaban J connectivity index is 1.31. The van der Waals surface area contributed by atoms with Crippen LogP contribution in [-0.2, 0) is 9.53 Å². The molecular formula is C26H31ClO3. The minimum atomic E-state index is -0.257. The molecule has 3 saturated carbocycles. The molecule has 0 saturated heterocycles. The molecule has 30 heavy (non-hydrogen) atoms. The second-order valence-corrected chi connectivity index (χ2v) is 10.9. The van der Waals surface area contributed by atoms with E-state index in [0.717, 1.165) is 51.4 Å². The summed E-state index contributed by atoms with van der Waals surface area (Å²) in [7, 11) is 0. The van der Waals surface area contributed by atoms with Crippen molar-refractivity contribution in [1.82, 2.24) is 0 Å². The van der Waals surface area contributed by atoms with E-state index in [9.17, 15) is 9.59 Å². The largest absolute Gasteiger partial charge is 0.458 e. The molecule has 0 N–H and O–H groups in total. The average Bonchev–Trinajstić information content (AvgIpc) is 3.03. The minimum Gasteiger partial charge on any atom is -0.458 e. The molecule has 0 heterocycles. The first-order valence-corrected chi connectivity index (χ1v) is 11.9. The molecule has 0 aromatic heterocycles. The van der Waals surface area contributed by atoms with Crippen LogP contribution in [0, 0.1) is 28.6 Å². The molecule has 1 aromatic rings. The van der Waals surface area contributed by atoms with E-state index in [1.807, 2.05) is 0 Å². The van der Waals surface area contributed by atoms with Crippen LogP contribution in [-0.4, -0.2) is 17.9 Å². The van der Waals surface area contributed by atoms with Gasteiger partial charge in [0.15, 0.2) is 0 Å². The van der Waals surface area contributed by atoms with Crippen LogP contribution in [0.2, 0.25) is 5.02 Å². The molecule has 0 radical (unpaired) electrons. The molecule has 4 aliphatic rings. The fourth-order valence-corrected chi connectivity index (χ4v) is 7.43. The normalized spacial score (nSPS) is 40.1. The summed E-state index contributed by atoms with van der Waals surface area (Å²) < 4.78 is 5.88. The number of ether oxygens (including phenoxy) is 1. The summed E-state index contributed by atoms with van der Waals surface area (Å²) >= 11 is 5.93. The van der Waals surface area contributed by atoms with E-state index < -0.39 is 0 Å². The predicted octanol–water partition coefficient (Wildman–Crippen LogP) is 6.40. The van der Waals surface area contributed by atoms with Crippen LogP contribution in [0.4, 0.5) is 0 Å². The first-order valence-electron chi connectivity index (χ1n) is 11.5. The third kappa shape index (κ3) is 3.07. The van der Waals surface area contributed by atoms with Gasteiger partial charge in [-0.25, -0.2) is 4.79 Å². The summed E-state index contributed by atoms with van der Waals surface area (Å²) in [5.74, 6) is 2.10. The molecular weight excluding hydrogens is 396 g/mol. The van der Waals surface area contributed by atoms with Gasteiger partial charge in [0.05, 0.1) is 5.56 Å². The number of Topliss-reactive ketones (excluding diaryl/α,β-unsaturated/α-hetero) is 1. The van der Waals surface area contributed by atoms with E-state index >= 15 is 0 Å². The van der Waals surface area contributed by atoms with Gasteiger partial charge in [-0.2, -0.15) is 0 Å². The number of hydrogen-bond acceptors (Lipinski definition) is 3. The third-order valence-corrected chi connectivity index (χ3v) is 9.37. The second kappa shape index (κ2) is 7.22. The van der Waals surface area contributed by atoms with E-state index in [1.54, 1.807) is 24.3 Å². The molecule has 4 aliphatic carbocycles. The number of carbonyl (C=O) groups is 2. The van der Waals surface area contributed by atoms with Crippen LogP contribution >= 0.6 is 11.6 Å². The van der Waals surface area contributed by atoms with Crippen LogP contribution in [0.5, 0.6) is 0 Å². The van der Waals surface area contributed by atoms with Crippen molar-refractivity contribution in [2.45, 2.75) is 71.3 Å². The number of halogens is 1. The maximum Gasteiger partial charge on any atom is 0.338 e. The second-order valence-electron chi connectivity index (χ2n) is 10.5. The highest BCUT2D eigenvalue weighted by atomic mass is 35.5. The maximum atomic E-state index is 12.6. The van der Waals surface area contributed by atoms with Gasteiger partial charge in [-0.1, -0.05) is 37.1 Å². The van der Waals surface area contributed by atoms with Gasteiger partial charge >= 0.3 is 5.97 Å². The SMILES string of the molecule is C[C@]12CC[C@H](OC(=O)c3ccc(Cl)cc3)CC1=CCC1C2CC[C@]2(C)C(=O)CCC12. The van der Waals surface area contributed by atoms with E-state index in [1.165, 1.54) is 5.57 Å². The number of hydrogen-bond donors (Lipinski definition) is 0. The van der Waals surface area contributed by atoms with Gasteiger partial charge in [-0.05, 0) is 86.0 Å². The Hall–Kier alpha value is -1.61. The third-order valence-electron chi connectivity index (χ3n) is 9.12. The molecule has 3 unspecified atom stereocenters. The van der Waals surface area contributed by atoms with Crippen LogP contribution in [0.1, 0.15) is 75.6 Å². The van der Waals surface area contributed by atoms with Crippen LogP contribution in [0.25, 0.3) is 0 Å². The molecule has 3 fully saturated rings. The van der Waals surface area contributed by atoms with Crippen molar-refractivity contribution in [2.24, 2.45) is 28.6 Å². The van der Waals surface area contributed by atoms with Crippen molar-refractivity contribution in [3.05, 3.63) is 46.5 Å². The Morgan fingerprint density at radius 2 is 1.73 bits per heavy atom. The Kier molecular flexibility index (Phi) is 4.89. The zero-order chi connectivity index (χ0) is 21.1. The molecule has 0 amide bonds. The Bertz CT molecular complexity index is 903. The summed E-state index contributed by atoms with van der Waals surface area (Å²) in [6, 6.07) is 6.91. The number of ketones is 1. The summed E-state index contributed by atoms with van der Waals surface area (Å²) in [5, 5.41) is 0.620. The molecule has 6 atom stereocenters. The Labute approximate surface area is 184 Å². The summed E-state index contributed by atoms with van der Waals surface area (Å²) in [6.07, 6.45) is 10.4. The van der Waals surface area contributed by atoms with E-state index in [2.05, 4.69) is 19.9 Å². The molecule has 0 aliphatic heterocycles. The van der Waals surface area contributed by atoms with Crippen LogP contribution < -0.4 is 0 Å². The van der Waals surface area contributed by atoms with Gasteiger partial charge in [0.25, 0.3) is 0 Å². The standard InChI is InChI=1S/C26H31ClO3/c1-25-13-11-19(30-24(29)16-3-6-18(27)7-4-16)15-17(25)5-8-20-21-9-10-23(28)26(21,2)14-12-22(20)25/h3-7,19-22H,8-15H2,1-2H3/t19-,20?,21?,22?,25-,26-/m0/s1. The molecule has 3 nitrogen and oxygen atoms in total. The van der Waals surface area contributed by atoms with Crippen LogP contribution in [0.15, 0.2) is 35.9 Å². The van der Waals surface area contributed by atoms with Crippen molar-refractivity contribution in [3.63, 3.8) is 0 Å². The average molecular weight is 427 g/mol. The van der Waals surface area contributed by atoms with Gasteiger partial charge in [-0.3, -0.25) is 4.79 Å². The monoisotopic (exact) mass is 426 g/mol.